The third-order valence-corrected chi connectivity index (χ3v) is 8.97. The van der Waals surface area contributed by atoms with Crippen LogP contribution in [0.5, 0.6) is 0 Å². The van der Waals surface area contributed by atoms with Crippen LogP contribution >= 0.6 is 0 Å². The monoisotopic (exact) mass is 505 g/mol. The van der Waals surface area contributed by atoms with Crippen molar-refractivity contribution >= 4 is 5.91 Å². The third kappa shape index (κ3) is 5.31. The molecule has 9 heteroatoms. The van der Waals surface area contributed by atoms with Crippen LogP contribution in [-0.2, 0) is 16.1 Å². The maximum absolute atomic E-state index is 13.8. The minimum atomic E-state index is -2.60. The summed E-state index contributed by atoms with van der Waals surface area (Å²) in [4.78, 5) is 18.8. The van der Waals surface area contributed by atoms with Crippen molar-refractivity contribution < 1.29 is 18.4 Å². The fraction of sp³-hybridized carbons (Fsp3) is 0.741. The summed E-state index contributed by atoms with van der Waals surface area (Å²) >= 11 is 0. The van der Waals surface area contributed by atoms with Crippen molar-refractivity contribution in [3.8, 4) is 0 Å². The molecule has 2 aliphatic carbocycles. The van der Waals surface area contributed by atoms with E-state index >= 15 is 0 Å². The van der Waals surface area contributed by atoms with Crippen molar-refractivity contribution in [1.29, 1.82) is 0 Å². The summed E-state index contributed by atoms with van der Waals surface area (Å²) in [6, 6.07) is 6.06. The summed E-state index contributed by atoms with van der Waals surface area (Å²) in [5, 5.41) is 13.3. The van der Waals surface area contributed by atoms with Crippen LogP contribution < -0.4 is 26.7 Å². The second-order valence-corrected chi connectivity index (χ2v) is 11.1. The molecule has 5 rings (SSSR count). The van der Waals surface area contributed by atoms with Crippen LogP contribution in [0.3, 0.4) is 0 Å². The van der Waals surface area contributed by atoms with E-state index < -0.39 is 18.8 Å². The van der Waals surface area contributed by atoms with Gasteiger partial charge in [0.2, 0.25) is 5.91 Å². The average molecular weight is 506 g/mol. The zero-order valence-corrected chi connectivity index (χ0v) is 21.3. The largest absolute Gasteiger partial charge is 0.348 e. The molecule has 200 valence electrons. The van der Waals surface area contributed by atoms with Gasteiger partial charge >= 0.3 is 0 Å². The first-order valence-electron chi connectivity index (χ1n) is 13.8. The van der Waals surface area contributed by atoms with E-state index in [0.717, 1.165) is 42.4 Å². The molecule has 1 aromatic rings. The van der Waals surface area contributed by atoms with Crippen LogP contribution in [-0.4, -0.2) is 37.3 Å². The second-order valence-electron chi connectivity index (χ2n) is 11.1. The van der Waals surface area contributed by atoms with Gasteiger partial charge in [-0.05, 0) is 49.3 Å². The number of aryl methyl sites for hydroxylation is 1. The van der Waals surface area contributed by atoms with Crippen molar-refractivity contribution in [2.75, 3.05) is 6.67 Å². The van der Waals surface area contributed by atoms with Crippen LogP contribution in [0.15, 0.2) is 18.2 Å². The SMILES string of the molecule is CC1NCNC(C(=O)N[C@@H]2CCc3cc(C4NOC(C(F)F)N4)ccc32)C12CCCCCCCCC2. The fourth-order valence-electron chi connectivity index (χ4n) is 6.85. The summed E-state index contributed by atoms with van der Waals surface area (Å²) in [6.45, 7) is 2.90. The minimum Gasteiger partial charge on any atom is -0.348 e. The van der Waals surface area contributed by atoms with E-state index in [4.69, 9.17) is 4.84 Å². The Morgan fingerprint density at radius 3 is 2.50 bits per heavy atom. The topological polar surface area (TPSA) is 86.5 Å². The number of carbonyl (C=O) groups excluding carboxylic acids is 1. The highest BCUT2D eigenvalue weighted by atomic mass is 19.3. The van der Waals surface area contributed by atoms with Gasteiger partial charge in [0.15, 0.2) is 6.23 Å². The van der Waals surface area contributed by atoms with Gasteiger partial charge in [0.05, 0.1) is 12.1 Å². The Morgan fingerprint density at radius 1 is 1.08 bits per heavy atom. The average Bonchev–Trinajstić information content (AvgIpc) is 3.52. The lowest BCUT2D eigenvalue weighted by atomic mass is 9.65. The molecular weight excluding hydrogens is 464 g/mol. The maximum Gasteiger partial charge on any atom is 0.279 e. The molecule has 36 heavy (non-hydrogen) atoms. The number of fused-ring (bicyclic) bond motifs is 1. The van der Waals surface area contributed by atoms with E-state index in [9.17, 15) is 13.6 Å². The summed E-state index contributed by atoms with van der Waals surface area (Å²) in [5.41, 5.74) is 5.72. The van der Waals surface area contributed by atoms with Gasteiger partial charge in [-0.15, -0.1) is 0 Å². The Bertz CT molecular complexity index is 906. The van der Waals surface area contributed by atoms with Crippen molar-refractivity contribution in [3.05, 3.63) is 34.9 Å². The van der Waals surface area contributed by atoms with Gasteiger partial charge in [0.1, 0.15) is 6.17 Å². The zero-order valence-electron chi connectivity index (χ0n) is 21.3. The highest BCUT2D eigenvalue weighted by Crippen LogP contribution is 2.42. The number of carbonyl (C=O) groups is 1. The number of rotatable bonds is 4. The van der Waals surface area contributed by atoms with Gasteiger partial charge in [0, 0.05) is 18.1 Å². The molecule has 5 N–H and O–H groups in total. The zero-order chi connectivity index (χ0) is 25.1. The fourth-order valence-corrected chi connectivity index (χ4v) is 6.85. The summed E-state index contributed by atoms with van der Waals surface area (Å²) in [5.74, 6) is 0.106. The van der Waals surface area contributed by atoms with E-state index in [1.54, 1.807) is 0 Å². The first-order chi connectivity index (χ1) is 17.5. The lowest BCUT2D eigenvalue weighted by molar-refractivity contribution is -0.130. The highest BCUT2D eigenvalue weighted by Gasteiger charge is 2.48. The lowest BCUT2D eigenvalue weighted by Crippen LogP contribution is -2.67. The van der Waals surface area contributed by atoms with Gasteiger partial charge < -0.3 is 10.6 Å². The number of amides is 1. The number of halogens is 2. The van der Waals surface area contributed by atoms with Crippen molar-refractivity contribution in [2.24, 2.45) is 5.41 Å². The molecule has 5 atom stereocenters. The van der Waals surface area contributed by atoms with E-state index in [-0.39, 0.29) is 29.4 Å². The number of hydrogen-bond acceptors (Lipinski definition) is 6. The van der Waals surface area contributed by atoms with E-state index in [1.165, 1.54) is 44.9 Å². The summed E-state index contributed by atoms with van der Waals surface area (Å²) in [7, 11) is 0. The molecule has 0 radical (unpaired) electrons. The Hall–Kier alpha value is -1.65. The van der Waals surface area contributed by atoms with Crippen molar-refractivity contribution in [1.82, 2.24) is 26.7 Å². The molecule has 3 fully saturated rings. The highest BCUT2D eigenvalue weighted by molar-refractivity contribution is 5.83. The first-order valence-corrected chi connectivity index (χ1v) is 13.8. The second kappa shape index (κ2) is 11.4. The smallest absolute Gasteiger partial charge is 0.279 e. The standard InChI is InChI=1S/C27H41F2N5O2/c1-17-27(13-7-5-3-2-4-6-8-14-27)22(31-16-30-17)25(35)32-21-12-10-18-15-19(9-11-20(18)21)24-33-26(23(28)29)36-34-24/h9,11,15,17,21-24,26,30-31,33-34H,2-8,10,12-14,16H2,1H3,(H,32,35)/t17?,21-,22?,24?,26?/m1/s1. The molecule has 0 aromatic heterocycles. The van der Waals surface area contributed by atoms with E-state index in [0.29, 0.717) is 6.67 Å². The molecule has 2 saturated heterocycles. The summed E-state index contributed by atoms with van der Waals surface area (Å²) < 4.78 is 25.9. The predicted octanol–water partition coefficient (Wildman–Crippen LogP) is 3.92. The number of nitrogens with one attached hydrogen (secondary N) is 5. The Morgan fingerprint density at radius 2 is 1.81 bits per heavy atom. The molecular formula is C27H41F2N5O2. The van der Waals surface area contributed by atoms with Crippen LogP contribution in [0, 0.1) is 5.41 Å². The molecule has 1 saturated carbocycles. The molecule has 2 aliphatic heterocycles. The van der Waals surface area contributed by atoms with E-state index in [1.807, 2.05) is 18.2 Å². The van der Waals surface area contributed by atoms with Gasteiger partial charge in [-0.25, -0.2) is 8.78 Å². The normalized spacial score (nSPS) is 32.9. The number of hydroxylamine groups is 1. The van der Waals surface area contributed by atoms with E-state index in [2.05, 4.69) is 33.7 Å². The number of benzene rings is 1. The van der Waals surface area contributed by atoms with Crippen molar-refractivity contribution in [2.45, 2.75) is 114 Å². The molecule has 1 aromatic carbocycles. The van der Waals surface area contributed by atoms with Crippen LogP contribution in [0.2, 0.25) is 0 Å². The maximum atomic E-state index is 13.8. The van der Waals surface area contributed by atoms with Gasteiger partial charge in [0.25, 0.3) is 6.43 Å². The van der Waals surface area contributed by atoms with Gasteiger partial charge in [-0.2, -0.15) is 5.48 Å². The molecule has 4 aliphatic rings. The number of hydrogen-bond donors (Lipinski definition) is 5. The Kier molecular flexibility index (Phi) is 8.22. The predicted molar refractivity (Wildman–Crippen MR) is 134 cm³/mol. The minimum absolute atomic E-state index is 0.0281. The molecule has 7 nitrogen and oxygen atoms in total. The van der Waals surface area contributed by atoms with Crippen LogP contribution in [0.4, 0.5) is 8.78 Å². The molecule has 4 unspecified atom stereocenters. The van der Waals surface area contributed by atoms with Crippen LogP contribution in [0.25, 0.3) is 0 Å². The lowest BCUT2D eigenvalue weighted by Gasteiger charge is -2.49. The van der Waals surface area contributed by atoms with Crippen LogP contribution in [0.1, 0.15) is 100 Å². The van der Waals surface area contributed by atoms with Gasteiger partial charge in [-0.3, -0.25) is 20.3 Å². The quantitative estimate of drug-likeness (QED) is 0.427. The van der Waals surface area contributed by atoms with Crippen molar-refractivity contribution in [3.63, 3.8) is 0 Å². The molecule has 0 bridgehead atoms. The molecule has 1 spiro atoms. The number of alkyl halides is 2. The first kappa shape index (κ1) is 26.0. The molecule has 2 heterocycles. The Balaban J connectivity index is 1.28. The molecule has 1 amide bonds. The third-order valence-electron chi connectivity index (χ3n) is 8.97. The van der Waals surface area contributed by atoms with Gasteiger partial charge in [-0.1, -0.05) is 63.1 Å². The summed E-state index contributed by atoms with van der Waals surface area (Å²) in [6.07, 6.45) is 8.20. The Labute approximate surface area is 212 Å².